The SMILES string of the molecule is O=C(C[NH+]1CCN(c2nc3ccc([N+](=O)[O-])cc3s2)CC1)Nc1ccc(F)cc1. The van der Waals surface area contributed by atoms with Crippen LogP contribution in [0, 0.1) is 15.9 Å². The fraction of sp³-hybridized carbons (Fsp3) is 0.263. The molecule has 8 nitrogen and oxygen atoms in total. The number of halogens is 1. The van der Waals surface area contributed by atoms with Gasteiger partial charge in [0, 0.05) is 17.8 Å². The van der Waals surface area contributed by atoms with E-state index in [2.05, 4.69) is 15.2 Å². The van der Waals surface area contributed by atoms with Crippen LogP contribution in [0.1, 0.15) is 0 Å². The van der Waals surface area contributed by atoms with Crippen molar-refractivity contribution in [3.8, 4) is 0 Å². The number of benzene rings is 2. The lowest BCUT2D eigenvalue weighted by atomic mass is 10.3. The highest BCUT2D eigenvalue weighted by Gasteiger charge is 2.24. The van der Waals surface area contributed by atoms with Gasteiger partial charge in [0.15, 0.2) is 11.7 Å². The van der Waals surface area contributed by atoms with Crippen LogP contribution in [0.3, 0.4) is 0 Å². The van der Waals surface area contributed by atoms with E-state index in [1.165, 1.54) is 41.7 Å². The molecule has 3 aromatic rings. The van der Waals surface area contributed by atoms with Crippen molar-refractivity contribution in [3.05, 3.63) is 58.4 Å². The Kier molecular flexibility index (Phi) is 5.36. The van der Waals surface area contributed by atoms with E-state index in [-0.39, 0.29) is 17.4 Å². The number of non-ortho nitro benzene ring substituents is 1. The molecule has 0 spiro atoms. The molecule has 0 aliphatic carbocycles. The number of anilines is 2. The lowest BCUT2D eigenvalue weighted by Crippen LogP contribution is -3.15. The molecule has 0 atom stereocenters. The summed E-state index contributed by atoms with van der Waals surface area (Å²) in [6.45, 7) is 3.42. The summed E-state index contributed by atoms with van der Waals surface area (Å²) in [4.78, 5) is 30.7. The molecule has 1 saturated heterocycles. The third-order valence-electron chi connectivity index (χ3n) is 4.85. The summed E-state index contributed by atoms with van der Waals surface area (Å²) in [5.41, 5.74) is 1.40. The van der Waals surface area contributed by atoms with Gasteiger partial charge in [-0.25, -0.2) is 9.37 Å². The van der Waals surface area contributed by atoms with E-state index in [1.54, 1.807) is 12.1 Å². The number of rotatable bonds is 5. The average Bonchev–Trinajstić information content (AvgIpc) is 3.13. The zero-order chi connectivity index (χ0) is 20.4. The molecule has 1 aliphatic heterocycles. The number of thiazole rings is 1. The number of carbonyl (C=O) groups is 1. The number of carbonyl (C=O) groups excluding carboxylic acids is 1. The van der Waals surface area contributed by atoms with Crippen molar-refractivity contribution in [3.63, 3.8) is 0 Å². The number of nitro benzene ring substituents is 1. The third kappa shape index (κ3) is 4.49. The molecule has 1 aliphatic rings. The topological polar surface area (TPSA) is 92.8 Å². The number of quaternary nitrogens is 1. The molecule has 0 radical (unpaired) electrons. The first-order valence-electron chi connectivity index (χ1n) is 9.17. The number of hydrogen-bond donors (Lipinski definition) is 2. The number of amides is 1. The first-order chi connectivity index (χ1) is 14.0. The van der Waals surface area contributed by atoms with Crippen LogP contribution < -0.4 is 15.1 Å². The highest BCUT2D eigenvalue weighted by molar-refractivity contribution is 7.22. The van der Waals surface area contributed by atoms with Gasteiger partial charge in [-0.3, -0.25) is 14.9 Å². The van der Waals surface area contributed by atoms with Crippen LogP contribution in [0.4, 0.5) is 20.9 Å². The second-order valence-corrected chi connectivity index (χ2v) is 7.88. The molecule has 1 amide bonds. The lowest BCUT2D eigenvalue weighted by Gasteiger charge is -2.31. The maximum Gasteiger partial charge on any atom is 0.279 e. The van der Waals surface area contributed by atoms with Crippen LogP contribution in [0.2, 0.25) is 0 Å². The largest absolute Gasteiger partial charge is 0.337 e. The van der Waals surface area contributed by atoms with Gasteiger partial charge in [-0.05, 0) is 30.3 Å². The summed E-state index contributed by atoms with van der Waals surface area (Å²) in [5.74, 6) is -0.443. The van der Waals surface area contributed by atoms with Crippen molar-refractivity contribution in [2.45, 2.75) is 0 Å². The Morgan fingerprint density at radius 3 is 2.66 bits per heavy atom. The molecule has 10 heteroatoms. The third-order valence-corrected chi connectivity index (χ3v) is 5.93. The van der Waals surface area contributed by atoms with Crippen LogP contribution in [0.25, 0.3) is 10.2 Å². The Labute approximate surface area is 169 Å². The van der Waals surface area contributed by atoms with Crippen molar-refractivity contribution in [2.75, 3.05) is 42.9 Å². The zero-order valence-electron chi connectivity index (χ0n) is 15.4. The molecule has 1 fully saturated rings. The Bertz CT molecular complexity index is 1050. The Morgan fingerprint density at radius 2 is 1.97 bits per heavy atom. The highest BCUT2D eigenvalue weighted by atomic mass is 32.1. The van der Waals surface area contributed by atoms with Gasteiger partial charge < -0.3 is 15.1 Å². The number of aromatic nitrogens is 1. The van der Waals surface area contributed by atoms with Gasteiger partial charge in [-0.1, -0.05) is 11.3 Å². The lowest BCUT2D eigenvalue weighted by molar-refractivity contribution is -0.892. The molecule has 29 heavy (non-hydrogen) atoms. The van der Waals surface area contributed by atoms with E-state index in [4.69, 9.17) is 0 Å². The maximum atomic E-state index is 12.9. The van der Waals surface area contributed by atoms with Crippen molar-refractivity contribution in [1.29, 1.82) is 0 Å². The molecular weight excluding hydrogens is 397 g/mol. The van der Waals surface area contributed by atoms with Crippen LogP contribution in [-0.4, -0.2) is 48.5 Å². The van der Waals surface area contributed by atoms with Gasteiger partial charge >= 0.3 is 0 Å². The highest BCUT2D eigenvalue weighted by Crippen LogP contribution is 2.31. The first kappa shape index (κ1) is 19.2. The van der Waals surface area contributed by atoms with E-state index in [0.717, 1.165) is 46.4 Å². The zero-order valence-corrected chi connectivity index (χ0v) is 16.2. The van der Waals surface area contributed by atoms with Gasteiger partial charge in [0.2, 0.25) is 0 Å². The summed E-state index contributed by atoms with van der Waals surface area (Å²) in [5, 5.41) is 14.6. The summed E-state index contributed by atoms with van der Waals surface area (Å²) in [6, 6.07) is 10.4. The van der Waals surface area contributed by atoms with Crippen molar-refractivity contribution < 1.29 is 19.0 Å². The second kappa shape index (κ2) is 8.10. The molecular formula is C19H19FN5O3S+. The van der Waals surface area contributed by atoms with Gasteiger partial charge in [-0.2, -0.15) is 0 Å². The van der Waals surface area contributed by atoms with E-state index < -0.39 is 4.92 Å². The molecule has 1 aromatic heterocycles. The van der Waals surface area contributed by atoms with Gasteiger partial charge in [0.25, 0.3) is 11.6 Å². The van der Waals surface area contributed by atoms with Crippen molar-refractivity contribution in [2.24, 2.45) is 0 Å². The average molecular weight is 416 g/mol. The molecule has 0 bridgehead atoms. The van der Waals surface area contributed by atoms with Crippen LogP contribution in [-0.2, 0) is 4.79 Å². The fourth-order valence-electron chi connectivity index (χ4n) is 3.31. The monoisotopic (exact) mass is 416 g/mol. The number of fused-ring (bicyclic) bond motifs is 1. The summed E-state index contributed by atoms with van der Waals surface area (Å²) in [6.07, 6.45) is 0. The molecule has 2 aromatic carbocycles. The molecule has 0 saturated carbocycles. The van der Waals surface area contributed by atoms with E-state index in [1.807, 2.05) is 0 Å². The van der Waals surface area contributed by atoms with Crippen LogP contribution in [0.15, 0.2) is 42.5 Å². The quantitative estimate of drug-likeness (QED) is 0.488. The Morgan fingerprint density at radius 1 is 1.24 bits per heavy atom. The Balaban J connectivity index is 1.33. The summed E-state index contributed by atoms with van der Waals surface area (Å²) >= 11 is 1.44. The summed E-state index contributed by atoms with van der Waals surface area (Å²) in [7, 11) is 0. The smallest absolute Gasteiger partial charge is 0.279 e. The van der Waals surface area contributed by atoms with Crippen LogP contribution in [0.5, 0.6) is 0 Å². The number of hydrogen-bond acceptors (Lipinski definition) is 6. The normalized spacial score (nSPS) is 14.9. The second-order valence-electron chi connectivity index (χ2n) is 6.87. The predicted molar refractivity (Wildman–Crippen MR) is 109 cm³/mol. The number of nitrogens with one attached hydrogen (secondary N) is 2. The minimum atomic E-state index is -0.405. The van der Waals surface area contributed by atoms with Crippen molar-refractivity contribution >= 4 is 44.0 Å². The molecule has 2 N–H and O–H groups in total. The molecule has 150 valence electrons. The van der Waals surface area contributed by atoms with Gasteiger partial charge in [0.05, 0.1) is 41.3 Å². The fourth-order valence-corrected chi connectivity index (χ4v) is 4.36. The summed E-state index contributed by atoms with van der Waals surface area (Å²) < 4.78 is 13.7. The van der Waals surface area contributed by atoms with E-state index in [9.17, 15) is 19.3 Å². The number of nitro groups is 1. The molecule has 0 unspecified atom stereocenters. The minimum Gasteiger partial charge on any atom is -0.337 e. The van der Waals surface area contributed by atoms with Gasteiger partial charge in [-0.15, -0.1) is 0 Å². The Hall–Kier alpha value is -3.11. The number of piperazine rings is 1. The van der Waals surface area contributed by atoms with E-state index in [0.29, 0.717) is 12.2 Å². The number of nitrogens with zero attached hydrogens (tertiary/aromatic N) is 3. The minimum absolute atomic E-state index is 0.0640. The molecule has 2 heterocycles. The van der Waals surface area contributed by atoms with Gasteiger partial charge in [0.1, 0.15) is 5.82 Å². The van der Waals surface area contributed by atoms with E-state index >= 15 is 0 Å². The standard InChI is InChI=1S/C19H18FN5O3S/c20-13-1-3-14(4-2-13)21-18(26)12-23-7-9-24(10-8-23)19-22-16-6-5-15(25(27)28)11-17(16)29-19/h1-6,11H,7-10,12H2,(H,21,26)/p+1. The molecule has 4 rings (SSSR count). The first-order valence-corrected chi connectivity index (χ1v) is 9.98. The predicted octanol–water partition coefficient (Wildman–Crippen LogP) is 1.69. The van der Waals surface area contributed by atoms with Crippen molar-refractivity contribution in [1.82, 2.24) is 4.98 Å². The maximum absolute atomic E-state index is 12.9. The van der Waals surface area contributed by atoms with Crippen LogP contribution >= 0.6 is 11.3 Å².